The van der Waals surface area contributed by atoms with Crippen molar-refractivity contribution in [3.8, 4) is 0 Å². The van der Waals surface area contributed by atoms with Gasteiger partial charge in [0.05, 0.1) is 11.7 Å². The second-order valence-corrected chi connectivity index (χ2v) is 6.21. The Balaban J connectivity index is 1.54. The molecular formula is C18H23N5O2. The van der Waals surface area contributed by atoms with Gasteiger partial charge in [0, 0.05) is 51.0 Å². The predicted molar refractivity (Wildman–Crippen MR) is 98.2 cm³/mol. The molecule has 1 amide bonds. The molecule has 1 aromatic carbocycles. The van der Waals surface area contributed by atoms with Gasteiger partial charge in [0.2, 0.25) is 5.95 Å². The number of hydrogen-bond donors (Lipinski definition) is 2. The largest absolute Gasteiger partial charge is 0.378 e. The van der Waals surface area contributed by atoms with Crippen molar-refractivity contribution in [1.29, 1.82) is 0 Å². The van der Waals surface area contributed by atoms with Crippen LogP contribution in [-0.4, -0.2) is 49.2 Å². The molecule has 2 heterocycles. The van der Waals surface area contributed by atoms with Crippen LogP contribution in [0.3, 0.4) is 0 Å². The van der Waals surface area contributed by atoms with E-state index in [0.717, 1.165) is 30.8 Å². The van der Waals surface area contributed by atoms with Gasteiger partial charge in [-0.15, -0.1) is 0 Å². The first-order valence-electron chi connectivity index (χ1n) is 8.38. The Kier molecular flexibility index (Phi) is 5.45. The Labute approximate surface area is 147 Å². The number of benzene rings is 1. The molecule has 0 saturated carbocycles. The van der Waals surface area contributed by atoms with Crippen molar-refractivity contribution in [1.82, 2.24) is 9.97 Å². The maximum Gasteiger partial charge on any atom is 0.258 e. The maximum atomic E-state index is 12.3. The van der Waals surface area contributed by atoms with Crippen LogP contribution in [0.2, 0.25) is 0 Å². The lowest BCUT2D eigenvalue weighted by molar-refractivity contribution is 0.102. The van der Waals surface area contributed by atoms with E-state index in [1.807, 2.05) is 43.3 Å². The molecule has 1 saturated heterocycles. The number of hydrogen-bond acceptors (Lipinski definition) is 6. The van der Waals surface area contributed by atoms with Gasteiger partial charge in [-0.1, -0.05) is 0 Å². The molecule has 7 nitrogen and oxygen atoms in total. The standard InChI is InChI=1S/C18H23N5O2/c1-23(2)15-7-5-14(6-8-15)22-17(24)13-10-19-18(20-11-13)21-12-16-4-3-9-25-16/h5-8,10-11,16H,3-4,9,12H2,1-2H3,(H,22,24)(H,19,20,21). The molecule has 0 spiro atoms. The van der Waals surface area contributed by atoms with E-state index < -0.39 is 0 Å². The van der Waals surface area contributed by atoms with Crippen LogP contribution in [0.25, 0.3) is 0 Å². The van der Waals surface area contributed by atoms with E-state index in [0.29, 0.717) is 18.1 Å². The van der Waals surface area contributed by atoms with E-state index in [2.05, 4.69) is 20.6 Å². The summed E-state index contributed by atoms with van der Waals surface area (Å²) >= 11 is 0. The number of aromatic nitrogens is 2. The highest BCUT2D eigenvalue weighted by molar-refractivity contribution is 6.03. The van der Waals surface area contributed by atoms with Crippen molar-refractivity contribution in [3.63, 3.8) is 0 Å². The highest BCUT2D eigenvalue weighted by Gasteiger charge is 2.15. The minimum atomic E-state index is -0.233. The highest BCUT2D eigenvalue weighted by atomic mass is 16.5. The van der Waals surface area contributed by atoms with Crippen LogP contribution < -0.4 is 15.5 Å². The first-order valence-corrected chi connectivity index (χ1v) is 8.38. The smallest absolute Gasteiger partial charge is 0.258 e. The zero-order chi connectivity index (χ0) is 17.6. The number of amides is 1. The fourth-order valence-corrected chi connectivity index (χ4v) is 2.59. The summed E-state index contributed by atoms with van der Waals surface area (Å²) in [5, 5.41) is 5.98. The fraction of sp³-hybridized carbons (Fsp3) is 0.389. The molecule has 132 valence electrons. The molecule has 1 unspecified atom stereocenters. The van der Waals surface area contributed by atoms with Gasteiger partial charge in [0.25, 0.3) is 5.91 Å². The van der Waals surface area contributed by atoms with E-state index in [1.54, 1.807) is 0 Å². The summed E-state index contributed by atoms with van der Waals surface area (Å²) in [6.45, 7) is 1.51. The van der Waals surface area contributed by atoms with E-state index in [4.69, 9.17) is 4.74 Å². The highest BCUT2D eigenvalue weighted by Crippen LogP contribution is 2.16. The van der Waals surface area contributed by atoms with E-state index in [1.165, 1.54) is 12.4 Å². The van der Waals surface area contributed by atoms with Crippen LogP contribution in [-0.2, 0) is 4.74 Å². The molecule has 25 heavy (non-hydrogen) atoms. The van der Waals surface area contributed by atoms with E-state index >= 15 is 0 Å². The Morgan fingerprint density at radius 2 is 1.96 bits per heavy atom. The minimum Gasteiger partial charge on any atom is -0.378 e. The summed E-state index contributed by atoms with van der Waals surface area (Å²) in [4.78, 5) is 22.7. The first-order chi connectivity index (χ1) is 12.1. The van der Waals surface area contributed by atoms with Gasteiger partial charge in [0.1, 0.15) is 0 Å². The third kappa shape index (κ3) is 4.67. The van der Waals surface area contributed by atoms with Gasteiger partial charge in [-0.3, -0.25) is 4.79 Å². The van der Waals surface area contributed by atoms with Crippen LogP contribution in [0, 0.1) is 0 Å². The molecule has 1 atom stereocenters. The van der Waals surface area contributed by atoms with Crippen molar-refractivity contribution < 1.29 is 9.53 Å². The normalized spacial score (nSPS) is 16.5. The molecule has 3 rings (SSSR count). The molecule has 1 fully saturated rings. The number of ether oxygens (including phenoxy) is 1. The van der Waals surface area contributed by atoms with Gasteiger partial charge in [-0.2, -0.15) is 0 Å². The average molecular weight is 341 g/mol. The lowest BCUT2D eigenvalue weighted by atomic mass is 10.2. The van der Waals surface area contributed by atoms with E-state index in [-0.39, 0.29) is 12.0 Å². The summed E-state index contributed by atoms with van der Waals surface area (Å²) in [6, 6.07) is 7.63. The van der Waals surface area contributed by atoms with Crippen molar-refractivity contribution >= 4 is 23.2 Å². The van der Waals surface area contributed by atoms with Crippen molar-refractivity contribution in [3.05, 3.63) is 42.2 Å². The van der Waals surface area contributed by atoms with Crippen LogP contribution >= 0.6 is 0 Å². The zero-order valence-electron chi connectivity index (χ0n) is 14.5. The molecule has 7 heteroatoms. The van der Waals surface area contributed by atoms with Gasteiger partial charge >= 0.3 is 0 Å². The fourth-order valence-electron chi connectivity index (χ4n) is 2.59. The molecule has 1 aromatic heterocycles. The number of carbonyl (C=O) groups is 1. The third-order valence-corrected chi connectivity index (χ3v) is 4.07. The Hall–Kier alpha value is -2.67. The predicted octanol–water partition coefficient (Wildman–Crippen LogP) is 2.39. The van der Waals surface area contributed by atoms with Gasteiger partial charge in [0.15, 0.2) is 0 Å². The van der Waals surface area contributed by atoms with Crippen LogP contribution in [0.1, 0.15) is 23.2 Å². The summed E-state index contributed by atoms with van der Waals surface area (Å²) in [5.41, 5.74) is 2.22. The molecule has 1 aliphatic heterocycles. The van der Waals surface area contributed by atoms with E-state index in [9.17, 15) is 4.79 Å². The molecule has 1 aliphatic rings. The number of anilines is 3. The van der Waals surface area contributed by atoms with Crippen molar-refractivity contribution in [2.75, 3.05) is 42.8 Å². The maximum absolute atomic E-state index is 12.3. The number of carbonyl (C=O) groups excluding carboxylic acids is 1. The topological polar surface area (TPSA) is 79.4 Å². The molecule has 2 aromatic rings. The lowest BCUT2D eigenvalue weighted by Crippen LogP contribution is -2.20. The third-order valence-electron chi connectivity index (χ3n) is 4.07. The Morgan fingerprint density at radius 3 is 2.56 bits per heavy atom. The second kappa shape index (κ2) is 7.94. The zero-order valence-corrected chi connectivity index (χ0v) is 14.5. The first kappa shape index (κ1) is 17.2. The van der Waals surface area contributed by atoms with Crippen LogP contribution in [0.5, 0.6) is 0 Å². The minimum absolute atomic E-state index is 0.219. The summed E-state index contributed by atoms with van der Waals surface area (Å²) in [7, 11) is 3.94. The van der Waals surface area contributed by atoms with Crippen molar-refractivity contribution in [2.24, 2.45) is 0 Å². The molecular weight excluding hydrogens is 318 g/mol. The van der Waals surface area contributed by atoms with Crippen LogP contribution in [0.15, 0.2) is 36.7 Å². The average Bonchev–Trinajstić information content (AvgIpc) is 3.14. The van der Waals surface area contributed by atoms with Gasteiger partial charge in [-0.05, 0) is 37.1 Å². The summed E-state index contributed by atoms with van der Waals surface area (Å²) in [6.07, 6.45) is 5.42. The SMILES string of the molecule is CN(C)c1ccc(NC(=O)c2cnc(NCC3CCCO3)nc2)cc1. The number of nitrogens with one attached hydrogen (secondary N) is 2. The number of rotatable bonds is 6. The van der Waals surface area contributed by atoms with Crippen molar-refractivity contribution in [2.45, 2.75) is 18.9 Å². The van der Waals surface area contributed by atoms with Gasteiger partial charge in [-0.25, -0.2) is 9.97 Å². The van der Waals surface area contributed by atoms with Crippen LogP contribution in [0.4, 0.5) is 17.3 Å². The second-order valence-electron chi connectivity index (χ2n) is 6.21. The lowest BCUT2D eigenvalue weighted by Gasteiger charge is -2.13. The number of nitrogens with zero attached hydrogens (tertiary/aromatic N) is 3. The molecule has 0 radical (unpaired) electrons. The summed E-state index contributed by atoms with van der Waals surface area (Å²) in [5.74, 6) is 0.269. The van der Waals surface area contributed by atoms with Gasteiger partial charge < -0.3 is 20.3 Å². The Bertz CT molecular complexity index is 694. The monoisotopic (exact) mass is 341 g/mol. The summed E-state index contributed by atoms with van der Waals surface area (Å²) < 4.78 is 5.54. The quantitative estimate of drug-likeness (QED) is 0.840. The Morgan fingerprint density at radius 1 is 1.24 bits per heavy atom. The molecule has 2 N–H and O–H groups in total. The molecule has 0 bridgehead atoms. The molecule has 0 aliphatic carbocycles.